The van der Waals surface area contributed by atoms with Gasteiger partial charge in [0.25, 0.3) is 5.56 Å². The Morgan fingerprint density at radius 3 is 2.57 bits per heavy atom. The van der Waals surface area contributed by atoms with Crippen molar-refractivity contribution in [2.24, 2.45) is 0 Å². The second-order valence-corrected chi connectivity index (χ2v) is 12.0. The van der Waals surface area contributed by atoms with Gasteiger partial charge in [-0.15, -0.1) is 0 Å². The van der Waals surface area contributed by atoms with Crippen LogP contribution < -0.4 is 15.0 Å². The number of hydrogen-bond acceptors (Lipinski definition) is 8. The SMILES string of the molecule is CCC1(OC(=O)CCN2CCCCC2)C(=O)Cc2c1cc1n(c2=O)Cc2c-1nc1cc3c(cc1c2C=C(C)C)OCO3. The Balaban J connectivity index is 1.31. The molecule has 0 amide bonds. The van der Waals surface area contributed by atoms with Crippen LogP contribution in [0.1, 0.15) is 75.1 Å². The van der Waals surface area contributed by atoms with Crippen molar-refractivity contribution in [3.63, 3.8) is 0 Å². The van der Waals surface area contributed by atoms with Crippen molar-refractivity contribution in [1.29, 1.82) is 0 Å². The molecule has 9 nitrogen and oxygen atoms in total. The molecule has 1 saturated heterocycles. The fraction of sp³-hybridized carbons (Fsp3) is 0.455. The van der Waals surface area contributed by atoms with E-state index in [9.17, 15) is 14.4 Å². The van der Waals surface area contributed by atoms with Crippen molar-refractivity contribution in [1.82, 2.24) is 14.5 Å². The van der Waals surface area contributed by atoms with E-state index in [1.54, 1.807) is 4.57 Å². The summed E-state index contributed by atoms with van der Waals surface area (Å²) in [7, 11) is 0. The van der Waals surface area contributed by atoms with Gasteiger partial charge < -0.3 is 23.7 Å². The number of carbonyl (C=O) groups excluding carboxylic acids is 2. The molecule has 3 aromatic rings. The van der Waals surface area contributed by atoms with Crippen molar-refractivity contribution in [2.75, 3.05) is 26.4 Å². The minimum Gasteiger partial charge on any atom is -0.454 e. The lowest BCUT2D eigenvalue weighted by Crippen LogP contribution is -2.38. The van der Waals surface area contributed by atoms with Gasteiger partial charge in [-0.1, -0.05) is 25.0 Å². The lowest BCUT2D eigenvalue weighted by Gasteiger charge is -2.29. The number of ether oxygens (including phenoxy) is 3. The molecule has 5 heterocycles. The van der Waals surface area contributed by atoms with E-state index in [0.29, 0.717) is 47.1 Å². The summed E-state index contributed by atoms with van der Waals surface area (Å²) in [5, 5.41) is 0.924. The van der Waals surface area contributed by atoms with E-state index in [2.05, 4.69) is 11.0 Å². The second kappa shape index (κ2) is 10.1. The molecular weight excluding hydrogens is 534 g/mol. The molecular formula is C33H35N3O6. The molecule has 1 fully saturated rings. The van der Waals surface area contributed by atoms with Crippen molar-refractivity contribution < 1.29 is 23.8 Å². The Hall–Kier alpha value is -3.98. The first-order valence-electron chi connectivity index (χ1n) is 14.9. The summed E-state index contributed by atoms with van der Waals surface area (Å²) >= 11 is 0. The van der Waals surface area contributed by atoms with E-state index in [1.165, 1.54) is 6.42 Å². The number of esters is 1. The standard InChI is InChI=1S/C33H35N3O6/c1-4-33(42-30(38)8-11-35-9-6-5-7-10-35)24-15-26-31-23(17-36(26)32(39)22(24)14-29(33)37)20(12-19(2)3)21-13-27-28(41-18-40-27)16-25(21)34-31/h12-13,15-16H,4-11,14,17-18H2,1-3H3. The molecule has 1 aliphatic carbocycles. The molecule has 0 bridgehead atoms. The van der Waals surface area contributed by atoms with Crippen LogP contribution in [-0.2, 0) is 32.9 Å². The molecule has 1 atom stereocenters. The highest BCUT2D eigenvalue weighted by Crippen LogP contribution is 2.45. The molecule has 0 radical (unpaired) electrons. The van der Waals surface area contributed by atoms with E-state index < -0.39 is 11.6 Å². The first-order chi connectivity index (χ1) is 20.3. The summed E-state index contributed by atoms with van der Waals surface area (Å²) in [6.45, 7) is 9.00. The molecule has 218 valence electrons. The summed E-state index contributed by atoms with van der Waals surface area (Å²) in [5.41, 5.74) is 4.32. The first kappa shape index (κ1) is 26.9. The van der Waals surface area contributed by atoms with Crippen LogP contribution in [0.2, 0.25) is 0 Å². The van der Waals surface area contributed by atoms with Crippen molar-refractivity contribution in [3.8, 4) is 22.9 Å². The van der Waals surface area contributed by atoms with Crippen LogP contribution >= 0.6 is 0 Å². The molecule has 2 aromatic heterocycles. The van der Waals surface area contributed by atoms with Gasteiger partial charge in [0.1, 0.15) is 0 Å². The summed E-state index contributed by atoms with van der Waals surface area (Å²) in [6, 6.07) is 5.70. The Labute approximate surface area is 244 Å². The first-order valence-corrected chi connectivity index (χ1v) is 14.9. The number of aromatic nitrogens is 2. The molecule has 7 rings (SSSR count). The quantitative estimate of drug-likeness (QED) is 0.308. The number of hydrogen-bond donors (Lipinski definition) is 0. The van der Waals surface area contributed by atoms with Crippen LogP contribution in [0.15, 0.2) is 28.6 Å². The molecule has 0 spiro atoms. The van der Waals surface area contributed by atoms with Crippen molar-refractivity contribution in [3.05, 3.63) is 56.4 Å². The minimum atomic E-state index is -1.46. The summed E-state index contributed by atoms with van der Waals surface area (Å²) in [5.74, 6) is 0.662. The summed E-state index contributed by atoms with van der Waals surface area (Å²) in [6.07, 6.45) is 6.04. The largest absolute Gasteiger partial charge is 0.454 e. The highest BCUT2D eigenvalue weighted by atomic mass is 16.7. The number of pyridine rings is 2. The maximum Gasteiger partial charge on any atom is 0.308 e. The number of piperidine rings is 1. The third-order valence-corrected chi connectivity index (χ3v) is 9.11. The summed E-state index contributed by atoms with van der Waals surface area (Å²) < 4.78 is 19.0. The number of ketones is 1. The number of fused-ring (bicyclic) bond motifs is 6. The number of allylic oxidation sites excluding steroid dienone is 1. The maximum absolute atomic E-state index is 14.0. The van der Waals surface area contributed by atoms with Gasteiger partial charge in [-0.05, 0) is 63.9 Å². The second-order valence-electron chi connectivity index (χ2n) is 12.0. The van der Waals surface area contributed by atoms with Crippen LogP contribution in [0, 0.1) is 0 Å². The predicted octanol–water partition coefficient (Wildman–Crippen LogP) is 4.73. The van der Waals surface area contributed by atoms with Gasteiger partial charge in [-0.25, -0.2) is 4.98 Å². The van der Waals surface area contributed by atoms with Crippen molar-refractivity contribution in [2.45, 2.75) is 71.4 Å². The lowest BCUT2D eigenvalue weighted by atomic mass is 9.91. The van der Waals surface area contributed by atoms with E-state index in [0.717, 1.165) is 53.5 Å². The van der Waals surface area contributed by atoms with Crippen LogP contribution in [0.25, 0.3) is 28.4 Å². The van der Waals surface area contributed by atoms with Gasteiger partial charge in [-0.3, -0.25) is 14.4 Å². The van der Waals surface area contributed by atoms with Gasteiger partial charge in [0.05, 0.1) is 29.9 Å². The average molecular weight is 570 g/mol. The molecule has 4 aliphatic rings. The highest BCUT2D eigenvalue weighted by Gasteiger charge is 2.50. The van der Waals surface area contributed by atoms with Gasteiger partial charge in [0.2, 0.25) is 6.79 Å². The maximum atomic E-state index is 14.0. The number of benzene rings is 1. The topological polar surface area (TPSA) is 100.0 Å². The average Bonchev–Trinajstić information content (AvgIpc) is 3.66. The molecule has 42 heavy (non-hydrogen) atoms. The van der Waals surface area contributed by atoms with Crippen LogP contribution in [0.5, 0.6) is 11.5 Å². The number of likely N-dealkylation sites (tertiary alicyclic amines) is 1. The molecule has 1 aromatic carbocycles. The van der Waals surface area contributed by atoms with E-state index in [1.807, 2.05) is 39.0 Å². The van der Waals surface area contributed by atoms with E-state index >= 15 is 0 Å². The Bertz CT molecular complexity index is 1750. The highest BCUT2D eigenvalue weighted by molar-refractivity contribution is 5.98. The van der Waals surface area contributed by atoms with Gasteiger partial charge in [-0.2, -0.15) is 0 Å². The molecule has 3 aliphatic heterocycles. The third-order valence-electron chi connectivity index (χ3n) is 9.11. The Morgan fingerprint density at radius 2 is 1.83 bits per heavy atom. The Kier molecular flexibility index (Phi) is 6.46. The monoisotopic (exact) mass is 569 g/mol. The smallest absolute Gasteiger partial charge is 0.308 e. The summed E-state index contributed by atoms with van der Waals surface area (Å²) in [4.78, 5) is 47.9. The predicted molar refractivity (Wildman–Crippen MR) is 158 cm³/mol. The fourth-order valence-electron chi connectivity index (χ4n) is 6.98. The van der Waals surface area contributed by atoms with Crippen LogP contribution in [0.4, 0.5) is 0 Å². The molecule has 9 heteroatoms. The van der Waals surface area contributed by atoms with E-state index in [4.69, 9.17) is 19.2 Å². The molecule has 0 saturated carbocycles. The van der Waals surface area contributed by atoms with Gasteiger partial charge in [0.15, 0.2) is 22.9 Å². The third kappa shape index (κ3) is 4.16. The molecule has 0 N–H and O–H groups in total. The lowest BCUT2D eigenvalue weighted by molar-refractivity contribution is -0.168. The van der Waals surface area contributed by atoms with E-state index in [-0.39, 0.29) is 37.4 Å². The number of carbonyl (C=O) groups is 2. The van der Waals surface area contributed by atoms with Gasteiger partial charge >= 0.3 is 5.97 Å². The Morgan fingerprint density at radius 1 is 1.07 bits per heavy atom. The number of rotatable bonds is 6. The fourth-order valence-corrected chi connectivity index (χ4v) is 6.98. The number of Topliss-reactive ketones (excluding diaryl/α,β-unsaturated/α-hetero) is 1. The zero-order valence-corrected chi connectivity index (χ0v) is 24.4. The minimum absolute atomic E-state index is 0.0460. The van der Waals surface area contributed by atoms with Crippen LogP contribution in [0.3, 0.4) is 0 Å². The van der Waals surface area contributed by atoms with Crippen molar-refractivity contribution >= 4 is 28.7 Å². The van der Waals surface area contributed by atoms with Crippen LogP contribution in [-0.4, -0.2) is 52.6 Å². The number of nitrogens with zero attached hydrogens (tertiary/aromatic N) is 3. The normalized spacial score (nSPS) is 20.4. The zero-order valence-electron chi connectivity index (χ0n) is 24.4. The molecule has 1 unspecified atom stereocenters. The van der Waals surface area contributed by atoms with Gasteiger partial charge in [0, 0.05) is 41.1 Å². The zero-order chi connectivity index (χ0) is 29.2.